The maximum absolute atomic E-state index is 10.3. The molecule has 0 spiro atoms. The van der Waals surface area contributed by atoms with Crippen molar-refractivity contribution in [2.24, 2.45) is 0 Å². The monoisotopic (exact) mass is 321 g/mol. The van der Waals surface area contributed by atoms with Gasteiger partial charge in [-0.3, -0.25) is 4.68 Å². The largest absolute Gasteiger partial charge is 0.387 e. The standard InChI is InChI=1S/C17H24ClN3O/c1-5-21-13(4)17(12(3)20-21)11(2)19-10-16(22)14-6-8-15(18)9-7-14/h6-9,11,16,19,22H,5,10H2,1-4H3. The van der Waals surface area contributed by atoms with Crippen LogP contribution in [0.3, 0.4) is 0 Å². The van der Waals surface area contributed by atoms with Crippen molar-refractivity contribution in [3.8, 4) is 0 Å². The highest BCUT2D eigenvalue weighted by Crippen LogP contribution is 2.22. The van der Waals surface area contributed by atoms with E-state index in [1.54, 1.807) is 12.1 Å². The van der Waals surface area contributed by atoms with Crippen LogP contribution in [-0.4, -0.2) is 21.4 Å². The lowest BCUT2D eigenvalue weighted by molar-refractivity contribution is 0.170. The number of benzene rings is 1. The first kappa shape index (κ1) is 17.0. The summed E-state index contributed by atoms with van der Waals surface area (Å²) in [6.45, 7) is 9.66. The van der Waals surface area contributed by atoms with Gasteiger partial charge in [-0.1, -0.05) is 23.7 Å². The van der Waals surface area contributed by atoms with Crippen molar-refractivity contribution in [3.63, 3.8) is 0 Å². The van der Waals surface area contributed by atoms with Gasteiger partial charge >= 0.3 is 0 Å². The van der Waals surface area contributed by atoms with Crippen LogP contribution in [0.5, 0.6) is 0 Å². The first-order valence-corrected chi connectivity index (χ1v) is 8.02. The smallest absolute Gasteiger partial charge is 0.0914 e. The highest BCUT2D eigenvalue weighted by molar-refractivity contribution is 6.30. The third kappa shape index (κ3) is 3.69. The molecule has 1 heterocycles. The minimum Gasteiger partial charge on any atom is -0.387 e. The van der Waals surface area contributed by atoms with Crippen molar-refractivity contribution in [3.05, 3.63) is 51.8 Å². The summed E-state index contributed by atoms with van der Waals surface area (Å²) in [5, 5.41) is 18.9. The Labute approximate surface area is 137 Å². The summed E-state index contributed by atoms with van der Waals surface area (Å²) in [4.78, 5) is 0. The lowest BCUT2D eigenvalue weighted by atomic mass is 10.1. The molecule has 0 radical (unpaired) electrons. The quantitative estimate of drug-likeness (QED) is 0.855. The summed E-state index contributed by atoms with van der Waals surface area (Å²) < 4.78 is 2.01. The van der Waals surface area contributed by atoms with Crippen LogP contribution in [0.25, 0.3) is 0 Å². The minimum atomic E-state index is -0.554. The Bertz CT molecular complexity index is 622. The molecular weight excluding hydrogens is 298 g/mol. The average Bonchev–Trinajstić information content (AvgIpc) is 2.79. The zero-order chi connectivity index (χ0) is 16.3. The van der Waals surface area contributed by atoms with E-state index in [0.29, 0.717) is 11.6 Å². The van der Waals surface area contributed by atoms with Crippen molar-refractivity contribution in [2.75, 3.05) is 6.54 Å². The number of nitrogens with one attached hydrogen (secondary N) is 1. The molecular formula is C17H24ClN3O. The highest BCUT2D eigenvalue weighted by atomic mass is 35.5. The van der Waals surface area contributed by atoms with E-state index >= 15 is 0 Å². The molecule has 0 bridgehead atoms. The second kappa shape index (κ2) is 7.27. The SMILES string of the molecule is CCn1nc(C)c(C(C)NCC(O)c2ccc(Cl)cc2)c1C. The van der Waals surface area contributed by atoms with Crippen molar-refractivity contribution in [1.29, 1.82) is 0 Å². The summed E-state index contributed by atoms with van der Waals surface area (Å²) >= 11 is 5.87. The summed E-state index contributed by atoms with van der Waals surface area (Å²) in [5.74, 6) is 0. The molecule has 0 saturated heterocycles. The van der Waals surface area contributed by atoms with Crippen LogP contribution in [0, 0.1) is 13.8 Å². The number of rotatable bonds is 6. The van der Waals surface area contributed by atoms with E-state index in [9.17, 15) is 5.11 Å². The van der Waals surface area contributed by atoms with Crippen LogP contribution in [0.2, 0.25) is 5.02 Å². The Kier molecular flexibility index (Phi) is 5.62. The zero-order valence-corrected chi connectivity index (χ0v) is 14.4. The molecule has 1 aromatic heterocycles. The Morgan fingerprint density at radius 1 is 1.27 bits per heavy atom. The van der Waals surface area contributed by atoms with Crippen molar-refractivity contribution in [1.82, 2.24) is 15.1 Å². The third-order valence-corrected chi connectivity index (χ3v) is 4.29. The summed E-state index contributed by atoms with van der Waals surface area (Å²) in [5.41, 5.74) is 4.30. The van der Waals surface area contributed by atoms with Gasteiger partial charge in [-0.05, 0) is 45.4 Å². The maximum atomic E-state index is 10.3. The third-order valence-electron chi connectivity index (χ3n) is 4.04. The normalized spacial score (nSPS) is 14.1. The molecule has 0 saturated carbocycles. The molecule has 0 fully saturated rings. The Morgan fingerprint density at radius 2 is 1.91 bits per heavy atom. The van der Waals surface area contributed by atoms with Crippen molar-refractivity contribution >= 4 is 11.6 Å². The molecule has 22 heavy (non-hydrogen) atoms. The van der Waals surface area contributed by atoms with E-state index in [2.05, 4.69) is 31.2 Å². The van der Waals surface area contributed by atoms with Crippen molar-refractivity contribution in [2.45, 2.75) is 46.4 Å². The second-order valence-electron chi connectivity index (χ2n) is 5.60. The molecule has 2 atom stereocenters. The summed E-state index contributed by atoms with van der Waals surface area (Å²) in [6.07, 6.45) is -0.554. The highest BCUT2D eigenvalue weighted by Gasteiger charge is 2.18. The van der Waals surface area contributed by atoms with Gasteiger partial charge in [0, 0.05) is 35.4 Å². The summed E-state index contributed by atoms with van der Waals surface area (Å²) in [6, 6.07) is 7.43. The lowest BCUT2D eigenvalue weighted by Gasteiger charge is -2.18. The van der Waals surface area contributed by atoms with E-state index < -0.39 is 6.10 Å². The number of hydrogen-bond donors (Lipinski definition) is 2. The minimum absolute atomic E-state index is 0.141. The van der Waals surface area contributed by atoms with Gasteiger partial charge < -0.3 is 10.4 Å². The van der Waals surface area contributed by atoms with Gasteiger partial charge in [0.05, 0.1) is 11.8 Å². The number of aliphatic hydroxyl groups is 1. The van der Waals surface area contributed by atoms with Crippen LogP contribution in [0.1, 0.15) is 48.5 Å². The van der Waals surface area contributed by atoms with Crippen LogP contribution in [-0.2, 0) is 6.54 Å². The number of nitrogens with zero attached hydrogens (tertiary/aromatic N) is 2. The lowest BCUT2D eigenvalue weighted by Crippen LogP contribution is -2.25. The van der Waals surface area contributed by atoms with Gasteiger partial charge in [-0.15, -0.1) is 0 Å². The van der Waals surface area contributed by atoms with Gasteiger partial charge in [0.15, 0.2) is 0 Å². The fraction of sp³-hybridized carbons (Fsp3) is 0.471. The molecule has 4 nitrogen and oxygen atoms in total. The first-order chi connectivity index (χ1) is 10.4. The second-order valence-corrected chi connectivity index (χ2v) is 6.03. The van der Waals surface area contributed by atoms with Crippen LogP contribution >= 0.6 is 11.6 Å². The molecule has 0 aliphatic rings. The molecule has 2 rings (SSSR count). The number of aliphatic hydroxyl groups excluding tert-OH is 1. The van der Waals surface area contributed by atoms with Crippen LogP contribution in [0.15, 0.2) is 24.3 Å². The Hall–Kier alpha value is -1.36. The van der Waals surface area contributed by atoms with Gasteiger partial charge in [-0.2, -0.15) is 5.10 Å². The molecule has 1 aromatic carbocycles. The predicted octanol–water partition coefficient (Wildman–Crippen LogP) is 3.56. The molecule has 2 unspecified atom stereocenters. The first-order valence-electron chi connectivity index (χ1n) is 7.64. The Balaban J connectivity index is 2.02. The van der Waals surface area contributed by atoms with Crippen LogP contribution < -0.4 is 5.32 Å². The van der Waals surface area contributed by atoms with Gasteiger partial charge in [-0.25, -0.2) is 0 Å². The van der Waals surface area contributed by atoms with E-state index in [1.807, 2.05) is 23.7 Å². The van der Waals surface area contributed by atoms with E-state index in [0.717, 1.165) is 17.8 Å². The molecule has 0 aliphatic carbocycles. The van der Waals surface area contributed by atoms with Gasteiger partial charge in [0.2, 0.25) is 0 Å². The van der Waals surface area contributed by atoms with Gasteiger partial charge in [0.25, 0.3) is 0 Å². The molecule has 2 aromatic rings. The van der Waals surface area contributed by atoms with E-state index in [4.69, 9.17) is 11.6 Å². The fourth-order valence-corrected chi connectivity index (χ4v) is 2.96. The predicted molar refractivity (Wildman–Crippen MR) is 90.2 cm³/mol. The molecule has 5 heteroatoms. The topological polar surface area (TPSA) is 50.1 Å². The molecule has 0 aliphatic heterocycles. The maximum Gasteiger partial charge on any atom is 0.0914 e. The van der Waals surface area contributed by atoms with E-state index in [1.165, 1.54) is 11.3 Å². The fourth-order valence-electron chi connectivity index (χ4n) is 2.84. The number of halogens is 1. The summed E-state index contributed by atoms with van der Waals surface area (Å²) in [7, 11) is 0. The van der Waals surface area contributed by atoms with Crippen LogP contribution in [0.4, 0.5) is 0 Å². The molecule has 0 amide bonds. The average molecular weight is 322 g/mol. The Morgan fingerprint density at radius 3 is 2.45 bits per heavy atom. The van der Waals surface area contributed by atoms with E-state index in [-0.39, 0.29) is 6.04 Å². The number of hydrogen-bond acceptors (Lipinski definition) is 3. The zero-order valence-electron chi connectivity index (χ0n) is 13.6. The molecule has 2 N–H and O–H groups in total. The number of aromatic nitrogens is 2. The molecule has 120 valence electrons. The number of aryl methyl sites for hydroxylation is 2. The van der Waals surface area contributed by atoms with Gasteiger partial charge in [0.1, 0.15) is 0 Å². The van der Waals surface area contributed by atoms with Crippen molar-refractivity contribution < 1.29 is 5.11 Å².